The molecule has 6 nitrogen and oxygen atoms in total. The van der Waals surface area contributed by atoms with Gasteiger partial charge in [-0.15, -0.1) is 11.3 Å². The minimum atomic E-state index is -0.426. The molecule has 1 amide bonds. The number of carbonyl (C=O) groups excluding carboxylic acids is 1. The van der Waals surface area contributed by atoms with Gasteiger partial charge in [0.2, 0.25) is 5.91 Å². The summed E-state index contributed by atoms with van der Waals surface area (Å²) in [7, 11) is 0. The fourth-order valence-electron chi connectivity index (χ4n) is 1.51. The maximum absolute atomic E-state index is 11.5. The van der Waals surface area contributed by atoms with Gasteiger partial charge in [-0.1, -0.05) is 18.7 Å². The van der Waals surface area contributed by atoms with Crippen molar-refractivity contribution in [2.45, 2.75) is 17.7 Å². The Bertz CT molecular complexity index is 642. The van der Waals surface area contributed by atoms with Gasteiger partial charge in [-0.25, -0.2) is 4.98 Å². The maximum Gasteiger partial charge on any atom is 0.270 e. The predicted octanol–water partition coefficient (Wildman–Crippen LogP) is 2.82. The lowest BCUT2D eigenvalue weighted by molar-refractivity contribution is -0.384. The highest BCUT2D eigenvalue weighted by Gasteiger charge is 2.11. The van der Waals surface area contributed by atoms with E-state index in [1.165, 1.54) is 35.2 Å². The maximum atomic E-state index is 11.5. The number of aromatic nitrogens is 1. The molecule has 0 atom stereocenters. The number of carbonyl (C=O) groups is 1. The summed E-state index contributed by atoms with van der Waals surface area (Å²) >= 11 is 2.71. The standard InChI is InChI=1S/C12H13N3O3S2/c1-2-5-13-11(16)7-19-12-14-9-4-3-8(15(17)18)6-10(9)20-12/h3-4,6H,2,5,7H2,1H3,(H,13,16). The second kappa shape index (κ2) is 6.67. The highest BCUT2D eigenvalue weighted by molar-refractivity contribution is 8.01. The van der Waals surface area contributed by atoms with Gasteiger partial charge in [0.1, 0.15) is 0 Å². The van der Waals surface area contributed by atoms with Crippen molar-refractivity contribution < 1.29 is 9.72 Å². The SMILES string of the molecule is CCCNC(=O)CSc1nc2ccc([N+](=O)[O-])cc2s1. The van der Waals surface area contributed by atoms with E-state index < -0.39 is 4.92 Å². The van der Waals surface area contributed by atoms with Gasteiger partial charge in [-0.2, -0.15) is 0 Å². The average molecular weight is 311 g/mol. The largest absolute Gasteiger partial charge is 0.355 e. The van der Waals surface area contributed by atoms with Crippen molar-refractivity contribution >= 4 is 44.9 Å². The van der Waals surface area contributed by atoms with Crippen LogP contribution in [0.5, 0.6) is 0 Å². The highest BCUT2D eigenvalue weighted by Crippen LogP contribution is 2.31. The molecule has 2 rings (SSSR count). The number of hydrogen-bond donors (Lipinski definition) is 1. The number of fused-ring (bicyclic) bond motifs is 1. The van der Waals surface area contributed by atoms with Crippen molar-refractivity contribution in [3.05, 3.63) is 28.3 Å². The van der Waals surface area contributed by atoms with Gasteiger partial charge in [0.15, 0.2) is 4.34 Å². The van der Waals surface area contributed by atoms with E-state index in [1.807, 2.05) is 6.92 Å². The van der Waals surface area contributed by atoms with Crippen LogP contribution in [0.25, 0.3) is 10.2 Å². The summed E-state index contributed by atoms with van der Waals surface area (Å²) in [6.45, 7) is 2.67. The van der Waals surface area contributed by atoms with Crippen LogP contribution in [-0.4, -0.2) is 28.1 Å². The molecule has 0 bridgehead atoms. The Kier molecular flexibility index (Phi) is 4.91. The molecule has 0 saturated carbocycles. The molecule has 1 aromatic heterocycles. The average Bonchev–Trinajstić information content (AvgIpc) is 2.84. The van der Waals surface area contributed by atoms with E-state index >= 15 is 0 Å². The number of hydrogen-bond acceptors (Lipinski definition) is 6. The minimum Gasteiger partial charge on any atom is -0.355 e. The van der Waals surface area contributed by atoms with Gasteiger partial charge in [0.25, 0.3) is 5.69 Å². The molecule has 0 saturated heterocycles. The predicted molar refractivity (Wildman–Crippen MR) is 80.3 cm³/mol. The first-order valence-electron chi connectivity index (χ1n) is 6.04. The van der Waals surface area contributed by atoms with E-state index in [2.05, 4.69) is 10.3 Å². The zero-order valence-corrected chi connectivity index (χ0v) is 12.4. The highest BCUT2D eigenvalue weighted by atomic mass is 32.2. The van der Waals surface area contributed by atoms with E-state index in [0.717, 1.165) is 21.0 Å². The van der Waals surface area contributed by atoms with Crippen molar-refractivity contribution in [3.63, 3.8) is 0 Å². The lowest BCUT2D eigenvalue weighted by Crippen LogP contribution is -2.25. The topological polar surface area (TPSA) is 85.1 Å². The van der Waals surface area contributed by atoms with Crippen LogP contribution < -0.4 is 5.32 Å². The number of thiazole rings is 1. The number of thioether (sulfide) groups is 1. The summed E-state index contributed by atoms with van der Waals surface area (Å²) in [6, 6.07) is 4.57. The number of non-ortho nitro benzene ring substituents is 1. The van der Waals surface area contributed by atoms with E-state index in [9.17, 15) is 14.9 Å². The zero-order valence-electron chi connectivity index (χ0n) is 10.8. The first-order chi connectivity index (χ1) is 9.60. The smallest absolute Gasteiger partial charge is 0.270 e. The van der Waals surface area contributed by atoms with E-state index in [4.69, 9.17) is 0 Å². The summed E-state index contributed by atoms with van der Waals surface area (Å²) < 4.78 is 1.50. The third-order valence-electron chi connectivity index (χ3n) is 2.46. The van der Waals surface area contributed by atoms with Crippen LogP contribution in [0.2, 0.25) is 0 Å². The quantitative estimate of drug-likeness (QED) is 0.504. The third-order valence-corrected chi connectivity index (χ3v) is 4.62. The summed E-state index contributed by atoms with van der Waals surface area (Å²) in [5.74, 6) is 0.282. The van der Waals surface area contributed by atoms with Gasteiger partial charge >= 0.3 is 0 Å². The van der Waals surface area contributed by atoms with Crippen molar-refractivity contribution in [1.82, 2.24) is 10.3 Å². The van der Waals surface area contributed by atoms with Crippen LogP contribution in [-0.2, 0) is 4.79 Å². The molecule has 2 aromatic rings. The van der Waals surface area contributed by atoms with E-state index in [-0.39, 0.29) is 11.6 Å². The van der Waals surface area contributed by atoms with Gasteiger partial charge in [0, 0.05) is 18.7 Å². The molecule has 0 radical (unpaired) electrons. The summed E-state index contributed by atoms with van der Waals surface area (Å²) in [5.41, 5.74) is 0.774. The Hall–Kier alpha value is -1.67. The van der Waals surface area contributed by atoms with Crippen molar-refractivity contribution in [1.29, 1.82) is 0 Å². The number of benzene rings is 1. The van der Waals surface area contributed by atoms with Crippen LogP contribution in [0.1, 0.15) is 13.3 Å². The molecule has 0 fully saturated rings. The van der Waals surface area contributed by atoms with E-state index in [0.29, 0.717) is 12.3 Å². The zero-order chi connectivity index (χ0) is 14.5. The van der Waals surface area contributed by atoms with Crippen LogP contribution in [0, 0.1) is 10.1 Å². The number of rotatable bonds is 6. The van der Waals surface area contributed by atoms with Crippen molar-refractivity contribution in [2.75, 3.05) is 12.3 Å². The van der Waals surface area contributed by atoms with Crippen molar-refractivity contribution in [3.8, 4) is 0 Å². The molecule has 20 heavy (non-hydrogen) atoms. The first-order valence-corrected chi connectivity index (χ1v) is 7.85. The van der Waals surface area contributed by atoms with Gasteiger partial charge < -0.3 is 5.32 Å². The van der Waals surface area contributed by atoms with Crippen LogP contribution in [0.4, 0.5) is 5.69 Å². The monoisotopic (exact) mass is 311 g/mol. The number of nitrogens with one attached hydrogen (secondary N) is 1. The first kappa shape index (κ1) is 14.7. The number of amides is 1. The fourth-order valence-corrected chi connectivity index (χ4v) is 3.44. The second-order valence-corrected chi connectivity index (χ2v) is 6.28. The molecule has 0 aliphatic carbocycles. The number of nitro groups is 1. The Labute approximate surface area is 123 Å². The van der Waals surface area contributed by atoms with Gasteiger partial charge in [-0.3, -0.25) is 14.9 Å². The molecule has 0 aliphatic heterocycles. The van der Waals surface area contributed by atoms with Crippen LogP contribution in [0.15, 0.2) is 22.5 Å². The molecule has 1 aromatic carbocycles. The molecular weight excluding hydrogens is 298 g/mol. The lowest BCUT2D eigenvalue weighted by Gasteiger charge is -2.00. The molecule has 8 heteroatoms. The molecule has 0 unspecified atom stereocenters. The molecular formula is C12H13N3O3S2. The summed E-state index contributed by atoms with van der Waals surface area (Å²) in [6.07, 6.45) is 0.904. The van der Waals surface area contributed by atoms with Crippen LogP contribution in [0.3, 0.4) is 0 Å². The number of nitrogens with zero attached hydrogens (tertiary/aromatic N) is 2. The molecule has 1 N–H and O–H groups in total. The summed E-state index contributed by atoms with van der Waals surface area (Å²) in [5, 5.41) is 13.5. The van der Waals surface area contributed by atoms with Crippen LogP contribution >= 0.6 is 23.1 Å². The normalized spacial score (nSPS) is 10.7. The molecule has 1 heterocycles. The number of nitro benzene ring substituents is 1. The van der Waals surface area contributed by atoms with Crippen molar-refractivity contribution in [2.24, 2.45) is 0 Å². The minimum absolute atomic E-state index is 0.0258. The Morgan fingerprint density at radius 3 is 3.05 bits per heavy atom. The molecule has 0 aliphatic rings. The summed E-state index contributed by atoms with van der Waals surface area (Å²) in [4.78, 5) is 26.1. The second-order valence-electron chi connectivity index (χ2n) is 4.03. The van der Waals surface area contributed by atoms with Gasteiger partial charge in [0.05, 0.1) is 20.9 Å². The van der Waals surface area contributed by atoms with Gasteiger partial charge in [-0.05, 0) is 12.5 Å². The van der Waals surface area contributed by atoms with E-state index in [1.54, 1.807) is 6.07 Å². The molecule has 106 valence electrons. The lowest BCUT2D eigenvalue weighted by atomic mass is 10.3. The Morgan fingerprint density at radius 2 is 2.35 bits per heavy atom. The fraction of sp³-hybridized carbons (Fsp3) is 0.333. The molecule has 0 spiro atoms. The third kappa shape index (κ3) is 3.67. The Balaban J connectivity index is 2.04. The Morgan fingerprint density at radius 1 is 1.55 bits per heavy atom.